The van der Waals surface area contributed by atoms with E-state index in [1.807, 2.05) is 12.1 Å². The number of hydrogen-bond acceptors (Lipinski definition) is 3. The fourth-order valence-electron chi connectivity index (χ4n) is 3.23. The Morgan fingerprint density at radius 3 is 2.29 bits per heavy atom. The van der Waals surface area contributed by atoms with Crippen LogP contribution in [0.1, 0.15) is 17.2 Å². The monoisotopic (exact) mass is 344 g/mol. The number of likely N-dealkylation sites (N-methyl/N-ethyl adjacent to an activating group) is 1. The molecule has 2 aromatic rings. The maximum atomic E-state index is 6.07. The third-order valence-electron chi connectivity index (χ3n) is 4.61. The van der Waals surface area contributed by atoms with Crippen LogP contribution in [-0.2, 0) is 4.74 Å². The van der Waals surface area contributed by atoms with Gasteiger partial charge in [0.2, 0.25) is 0 Å². The summed E-state index contributed by atoms with van der Waals surface area (Å²) in [5.74, 6) is 0. The van der Waals surface area contributed by atoms with Crippen molar-refractivity contribution in [2.75, 3.05) is 46.4 Å². The van der Waals surface area contributed by atoms with E-state index in [4.69, 9.17) is 16.3 Å². The molecule has 0 radical (unpaired) electrons. The van der Waals surface area contributed by atoms with Crippen LogP contribution >= 0.6 is 11.6 Å². The Morgan fingerprint density at radius 1 is 1.00 bits per heavy atom. The normalized spacial score (nSPS) is 17.1. The van der Waals surface area contributed by atoms with Crippen LogP contribution in [-0.4, -0.2) is 56.2 Å². The second-order valence-electron chi connectivity index (χ2n) is 6.30. The Labute approximate surface area is 149 Å². The highest BCUT2D eigenvalue weighted by Gasteiger charge is 2.20. The predicted molar refractivity (Wildman–Crippen MR) is 99.6 cm³/mol. The average molecular weight is 345 g/mol. The molecule has 1 fully saturated rings. The lowest BCUT2D eigenvalue weighted by atomic mass is 9.97. The first-order chi connectivity index (χ1) is 11.7. The molecule has 1 aliphatic heterocycles. The van der Waals surface area contributed by atoms with Gasteiger partial charge in [0, 0.05) is 31.2 Å². The van der Waals surface area contributed by atoms with Gasteiger partial charge in [-0.05, 0) is 30.3 Å². The van der Waals surface area contributed by atoms with Gasteiger partial charge in [-0.15, -0.1) is 0 Å². The minimum Gasteiger partial charge on any atom is -0.379 e. The van der Waals surface area contributed by atoms with E-state index >= 15 is 0 Å². The summed E-state index contributed by atoms with van der Waals surface area (Å²) in [4.78, 5) is 4.90. The number of halogens is 1. The van der Waals surface area contributed by atoms with Gasteiger partial charge in [-0.25, -0.2) is 0 Å². The lowest BCUT2D eigenvalue weighted by Crippen LogP contribution is -2.41. The van der Waals surface area contributed by atoms with Gasteiger partial charge in [0.25, 0.3) is 0 Å². The van der Waals surface area contributed by atoms with E-state index in [9.17, 15) is 0 Å². The summed E-state index contributed by atoms with van der Waals surface area (Å²) in [6.07, 6.45) is 0. The molecule has 0 N–H and O–H groups in total. The summed E-state index contributed by atoms with van der Waals surface area (Å²) >= 11 is 6.07. The Hall–Kier alpha value is -1.39. The van der Waals surface area contributed by atoms with Gasteiger partial charge in [-0.1, -0.05) is 54.1 Å². The van der Waals surface area contributed by atoms with Crippen LogP contribution in [0.2, 0.25) is 5.02 Å². The largest absolute Gasteiger partial charge is 0.379 e. The van der Waals surface area contributed by atoms with Crippen molar-refractivity contribution in [3.63, 3.8) is 0 Å². The molecule has 0 amide bonds. The standard InChI is InChI=1S/C20H25ClN2O/c1-22(11-12-23-13-15-24-16-14-23)20(17-5-3-2-4-6-17)18-7-9-19(21)10-8-18/h2-10,20H,11-16H2,1H3. The van der Waals surface area contributed by atoms with Crippen LogP contribution in [0.15, 0.2) is 54.6 Å². The SMILES string of the molecule is CN(CCN1CCOCC1)C(c1ccccc1)c1ccc(Cl)cc1. The molecule has 1 heterocycles. The molecule has 128 valence electrons. The fourth-order valence-corrected chi connectivity index (χ4v) is 3.36. The van der Waals surface area contributed by atoms with Gasteiger partial charge >= 0.3 is 0 Å². The van der Waals surface area contributed by atoms with E-state index < -0.39 is 0 Å². The zero-order valence-corrected chi connectivity index (χ0v) is 15.0. The Bertz CT molecular complexity index is 611. The minimum absolute atomic E-state index is 0.240. The van der Waals surface area contributed by atoms with Gasteiger partial charge in [-0.3, -0.25) is 9.80 Å². The number of nitrogens with zero attached hydrogens (tertiary/aromatic N) is 2. The first-order valence-corrected chi connectivity index (χ1v) is 8.92. The van der Waals surface area contributed by atoms with Crippen molar-refractivity contribution in [1.82, 2.24) is 9.80 Å². The van der Waals surface area contributed by atoms with Crippen LogP contribution in [0, 0.1) is 0 Å². The molecule has 1 saturated heterocycles. The number of rotatable bonds is 6. The molecule has 0 aromatic heterocycles. The molecule has 0 saturated carbocycles. The van der Waals surface area contributed by atoms with Crippen LogP contribution in [0.4, 0.5) is 0 Å². The highest BCUT2D eigenvalue weighted by molar-refractivity contribution is 6.30. The number of benzene rings is 2. The van der Waals surface area contributed by atoms with Crippen molar-refractivity contribution in [3.8, 4) is 0 Å². The predicted octanol–water partition coefficient (Wildman–Crippen LogP) is 3.69. The summed E-state index contributed by atoms with van der Waals surface area (Å²) in [6, 6.07) is 19.1. The third kappa shape index (κ3) is 4.58. The van der Waals surface area contributed by atoms with Crippen LogP contribution in [0.3, 0.4) is 0 Å². The van der Waals surface area contributed by atoms with Crippen molar-refractivity contribution in [2.24, 2.45) is 0 Å². The van der Waals surface area contributed by atoms with E-state index in [2.05, 4.69) is 59.3 Å². The molecule has 4 heteroatoms. The highest BCUT2D eigenvalue weighted by Crippen LogP contribution is 2.28. The quantitative estimate of drug-likeness (QED) is 0.794. The number of morpholine rings is 1. The van der Waals surface area contributed by atoms with E-state index in [1.165, 1.54) is 11.1 Å². The van der Waals surface area contributed by atoms with Gasteiger partial charge in [-0.2, -0.15) is 0 Å². The molecular weight excluding hydrogens is 320 g/mol. The summed E-state index contributed by atoms with van der Waals surface area (Å²) in [7, 11) is 2.20. The minimum atomic E-state index is 0.240. The molecule has 3 rings (SSSR count). The molecule has 1 unspecified atom stereocenters. The molecule has 3 nitrogen and oxygen atoms in total. The summed E-state index contributed by atoms with van der Waals surface area (Å²) < 4.78 is 5.44. The Kier molecular flexibility index (Phi) is 6.27. The van der Waals surface area contributed by atoms with E-state index in [1.54, 1.807) is 0 Å². The van der Waals surface area contributed by atoms with Gasteiger partial charge < -0.3 is 4.74 Å². The molecular formula is C20H25ClN2O. The summed E-state index contributed by atoms with van der Waals surface area (Å²) in [5.41, 5.74) is 2.58. The molecule has 0 aliphatic carbocycles. The van der Waals surface area contributed by atoms with E-state index in [0.717, 1.165) is 44.4 Å². The molecule has 0 bridgehead atoms. The molecule has 2 aromatic carbocycles. The zero-order valence-electron chi connectivity index (χ0n) is 14.2. The van der Waals surface area contributed by atoms with Crippen LogP contribution < -0.4 is 0 Å². The van der Waals surface area contributed by atoms with Crippen molar-refractivity contribution in [1.29, 1.82) is 0 Å². The van der Waals surface area contributed by atoms with E-state index in [-0.39, 0.29) is 6.04 Å². The molecule has 0 spiro atoms. The van der Waals surface area contributed by atoms with Crippen molar-refractivity contribution >= 4 is 11.6 Å². The van der Waals surface area contributed by atoms with E-state index in [0.29, 0.717) is 0 Å². The lowest BCUT2D eigenvalue weighted by molar-refractivity contribution is 0.0333. The van der Waals surface area contributed by atoms with Crippen molar-refractivity contribution in [3.05, 3.63) is 70.7 Å². The highest BCUT2D eigenvalue weighted by atomic mass is 35.5. The van der Waals surface area contributed by atoms with Gasteiger partial charge in [0.05, 0.1) is 19.3 Å². The topological polar surface area (TPSA) is 15.7 Å². The third-order valence-corrected chi connectivity index (χ3v) is 4.87. The summed E-state index contributed by atoms with van der Waals surface area (Å²) in [5, 5.41) is 0.779. The smallest absolute Gasteiger partial charge is 0.0599 e. The van der Waals surface area contributed by atoms with Crippen molar-refractivity contribution < 1.29 is 4.74 Å². The van der Waals surface area contributed by atoms with Crippen LogP contribution in [0.5, 0.6) is 0 Å². The first kappa shape index (κ1) is 17.4. The Balaban J connectivity index is 1.74. The Morgan fingerprint density at radius 2 is 1.62 bits per heavy atom. The van der Waals surface area contributed by atoms with Gasteiger partial charge in [0.1, 0.15) is 0 Å². The first-order valence-electron chi connectivity index (χ1n) is 8.55. The second-order valence-corrected chi connectivity index (χ2v) is 6.74. The average Bonchev–Trinajstić information content (AvgIpc) is 2.64. The van der Waals surface area contributed by atoms with Gasteiger partial charge in [0.15, 0.2) is 0 Å². The lowest BCUT2D eigenvalue weighted by Gasteiger charge is -2.33. The summed E-state index contributed by atoms with van der Waals surface area (Å²) in [6.45, 7) is 5.85. The molecule has 1 aliphatic rings. The number of hydrogen-bond donors (Lipinski definition) is 0. The second kappa shape index (κ2) is 8.63. The molecule has 1 atom stereocenters. The number of ether oxygens (including phenoxy) is 1. The fraction of sp³-hybridized carbons (Fsp3) is 0.400. The maximum absolute atomic E-state index is 6.07. The van der Waals surface area contributed by atoms with Crippen LogP contribution in [0.25, 0.3) is 0 Å². The molecule has 24 heavy (non-hydrogen) atoms. The zero-order chi connectivity index (χ0) is 16.8. The van der Waals surface area contributed by atoms with Crippen molar-refractivity contribution in [2.45, 2.75) is 6.04 Å². The maximum Gasteiger partial charge on any atom is 0.0599 e.